The Kier molecular flexibility index (Phi) is 4.04. The molecule has 0 fully saturated rings. The van der Waals surface area contributed by atoms with Crippen LogP contribution in [0.2, 0.25) is 0 Å². The molecule has 0 bridgehead atoms. The molecule has 1 heterocycles. The van der Waals surface area contributed by atoms with Gasteiger partial charge in [0.05, 0.1) is 11.8 Å². The number of nitrogens with zero attached hydrogens (tertiary/aromatic N) is 2. The van der Waals surface area contributed by atoms with Gasteiger partial charge in [-0.25, -0.2) is 4.79 Å². The van der Waals surface area contributed by atoms with Crippen LogP contribution < -0.4 is 5.32 Å². The van der Waals surface area contributed by atoms with Gasteiger partial charge in [0, 0.05) is 13.2 Å². The van der Waals surface area contributed by atoms with E-state index in [9.17, 15) is 9.59 Å². The average molecular weight is 225 g/mol. The van der Waals surface area contributed by atoms with Crippen LogP contribution in [-0.4, -0.2) is 32.8 Å². The van der Waals surface area contributed by atoms with Crippen molar-refractivity contribution in [3.8, 4) is 0 Å². The molecule has 0 unspecified atom stereocenters. The third-order valence-corrected chi connectivity index (χ3v) is 2.15. The second-order valence-corrected chi connectivity index (χ2v) is 3.56. The summed E-state index contributed by atoms with van der Waals surface area (Å²) in [5.41, 5.74) is 0.366. The smallest absolute Gasteiger partial charge is 0.326 e. The minimum atomic E-state index is -1.01. The van der Waals surface area contributed by atoms with Gasteiger partial charge in [-0.3, -0.25) is 9.48 Å². The number of carbonyl (C=O) groups excluding carboxylic acids is 1. The van der Waals surface area contributed by atoms with Crippen molar-refractivity contribution >= 4 is 11.9 Å². The number of carboxylic acids is 1. The van der Waals surface area contributed by atoms with Crippen LogP contribution in [0.5, 0.6) is 0 Å². The fraction of sp³-hybridized carbons (Fsp3) is 0.500. The van der Waals surface area contributed by atoms with Crippen molar-refractivity contribution in [2.75, 3.05) is 0 Å². The van der Waals surface area contributed by atoms with Gasteiger partial charge in [0.15, 0.2) is 0 Å². The van der Waals surface area contributed by atoms with Crippen molar-refractivity contribution in [2.24, 2.45) is 7.05 Å². The summed E-state index contributed by atoms with van der Waals surface area (Å²) in [7, 11) is 1.69. The monoisotopic (exact) mass is 225 g/mol. The van der Waals surface area contributed by atoms with Crippen LogP contribution in [0.25, 0.3) is 0 Å². The second-order valence-electron chi connectivity index (χ2n) is 3.56. The van der Waals surface area contributed by atoms with Gasteiger partial charge >= 0.3 is 5.97 Å². The SMILES string of the molecule is CCC[C@@H](NC(=O)c1cnn(C)c1)C(=O)O. The lowest BCUT2D eigenvalue weighted by Gasteiger charge is -2.12. The zero-order valence-electron chi connectivity index (χ0n) is 9.30. The Morgan fingerprint density at radius 2 is 2.31 bits per heavy atom. The molecular formula is C10H15N3O3. The van der Waals surface area contributed by atoms with E-state index in [1.807, 2.05) is 6.92 Å². The Morgan fingerprint density at radius 3 is 2.75 bits per heavy atom. The molecule has 1 atom stereocenters. The molecule has 0 saturated heterocycles. The molecule has 1 aromatic rings. The number of carbonyl (C=O) groups is 2. The summed E-state index contributed by atoms with van der Waals surface area (Å²) < 4.78 is 1.49. The molecule has 1 rings (SSSR count). The molecule has 6 heteroatoms. The minimum absolute atomic E-state index is 0.366. The first-order valence-corrected chi connectivity index (χ1v) is 5.07. The first-order valence-electron chi connectivity index (χ1n) is 5.07. The standard InChI is InChI=1S/C10H15N3O3/c1-3-4-8(10(15)16)12-9(14)7-5-11-13(2)6-7/h5-6,8H,3-4H2,1-2H3,(H,12,14)(H,15,16)/t8-/m1/s1. The Balaban J connectivity index is 2.65. The molecule has 0 aliphatic heterocycles. The third kappa shape index (κ3) is 3.08. The third-order valence-electron chi connectivity index (χ3n) is 2.15. The van der Waals surface area contributed by atoms with Gasteiger partial charge in [-0.05, 0) is 6.42 Å². The summed E-state index contributed by atoms with van der Waals surface area (Å²) in [6, 6.07) is -0.835. The number of hydrogen-bond donors (Lipinski definition) is 2. The van der Waals surface area contributed by atoms with Crippen LogP contribution in [0, 0.1) is 0 Å². The van der Waals surface area contributed by atoms with Crippen LogP contribution in [0.4, 0.5) is 0 Å². The van der Waals surface area contributed by atoms with Crippen molar-refractivity contribution in [3.05, 3.63) is 18.0 Å². The van der Waals surface area contributed by atoms with E-state index < -0.39 is 17.9 Å². The van der Waals surface area contributed by atoms with Gasteiger partial charge in [0.2, 0.25) is 0 Å². The van der Waals surface area contributed by atoms with E-state index >= 15 is 0 Å². The molecule has 0 radical (unpaired) electrons. The van der Waals surface area contributed by atoms with Gasteiger partial charge in [0.1, 0.15) is 6.04 Å². The van der Waals surface area contributed by atoms with E-state index in [1.165, 1.54) is 10.9 Å². The fourth-order valence-electron chi connectivity index (χ4n) is 1.33. The van der Waals surface area contributed by atoms with E-state index in [0.717, 1.165) is 0 Å². The van der Waals surface area contributed by atoms with E-state index in [4.69, 9.17) is 5.11 Å². The molecule has 6 nitrogen and oxygen atoms in total. The number of aryl methyl sites for hydroxylation is 1. The highest BCUT2D eigenvalue weighted by Gasteiger charge is 2.19. The van der Waals surface area contributed by atoms with Crippen molar-refractivity contribution in [2.45, 2.75) is 25.8 Å². The Labute approximate surface area is 93.3 Å². The predicted octanol–water partition coefficient (Wildman–Crippen LogP) is 0.403. The quantitative estimate of drug-likeness (QED) is 0.759. The van der Waals surface area contributed by atoms with Crippen molar-refractivity contribution in [1.82, 2.24) is 15.1 Å². The van der Waals surface area contributed by atoms with Gasteiger partial charge in [-0.15, -0.1) is 0 Å². The first kappa shape index (κ1) is 12.2. The summed E-state index contributed by atoms with van der Waals surface area (Å²) in [6.45, 7) is 1.87. The van der Waals surface area contributed by atoms with Gasteiger partial charge < -0.3 is 10.4 Å². The fourth-order valence-corrected chi connectivity index (χ4v) is 1.33. The van der Waals surface area contributed by atoms with Crippen LogP contribution in [0.15, 0.2) is 12.4 Å². The summed E-state index contributed by atoms with van der Waals surface area (Å²) >= 11 is 0. The molecule has 16 heavy (non-hydrogen) atoms. The highest BCUT2D eigenvalue weighted by atomic mass is 16.4. The number of carboxylic acid groups (broad SMARTS) is 1. The van der Waals surface area contributed by atoms with Gasteiger partial charge in [0.25, 0.3) is 5.91 Å². The van der Waals surface area contributed by atoms with E-state index in [-0.39, 0.29) is 0 Å². The topological polar surface area (TPSA) is 84.2 Å². The Hall–Kier alpha value is -1.85. The van der Waals surface area contributed by atoms with E-state index in [0.29, 0.717) is 18.4 Å². The van der Waals surface area contributed by atoms with Gasteiger partial charge in [-0.2, -0.15) is 5.10 Å². The van der Waals surface area contributed by atoms with Crippen LogP contribution in [-0.2, 0) is 11.8 Å². The molecule has 0 saturated carbocycles. The molecule has 88 valence electrons. The minimum Gasteiger partial charge on any atom is -0.480 e. The first-order chi connectivity index (χ1) is 7.54. The van der Waals surface area contributed by atoms with Crippen molar-refractivity contribution in [3.63, 3.8) is 0 Å². The maximum atomic E-state index is 11.6. The predicted molar refractivity (Wildman–Crippen MR) is 57.0 cm³/mol. The maximum absolute atomic E-state index is 11.6. The number of aliphatic carboxylic acids is 1. The Morgan fingerprint density at radius 1 is 1.62 bits per heavy atom. The average Bonchev–Trinajstić information content (AvgIpc) is 2.64. The molecular weight excluding hydrogens is 210 g/mol. The lowest BCUT2D eigenvalue weighted by molar-refractivity contribution is -0.139. The summed E-state index contributed by atoms with van der Waals surface area (Å²) in [4.78, 5) is 22.4. The Bertz CT molecular complexity index is 386. The highest BCUT2D eigenvalue weighted by Crippen LogP contribution is 2.01. The van der Waals surface area contributed by atoms with Crippen LogP contribution in [0.3, 0.4) is 0 Å². The number of hydrogen-bond acceptors (Lipinski definition) is 3. The summed E-state index contributed by atoms with van der Waals surface area (Å²) in [5.74, 6) is -1.42. The van der Waals surface area contributed by atoms with Crippen LogP contribution in [0.1, 0.15) is 30.1 Å². The lowest BCUT2D eigenvalue weighted by Crippen LogP contribution is -2.40. The zero-order valence-corrected chi connectivity index (χ0v) is 9.30. The molecule has 1 amide bonds. The number of nitrogens with one attached hydrogen (secondary N) is 1. The number of rotatable bonds is 5. The van der Waals surface area contributed by atoms with E-state index in [1.54, 1.807) is 13.2 Å². The lowest BCUT2D eigenvalue weighted by atomic mass is 10.1. The van der Waals surface area contributed by atoms with Crippen LogP contribution >= 0.6 is 0 Å². The number of aromatic nitrogens is 2. The van der Waals surface area contributed by atoms with Gasteiger partial charge in [-0.1, -0.05) is 13.3 Å². The molecule has 2 N–H and O–H groups in total. The maximum Gasteiger partial charge on any atom is 0.326 e. The molecule has 0 spiro atoms. The largest absolute Gasteiger partial charge is 0.480 e. The number of amides is 1. The van der Waals surface area contributed by atoms with Crippen molar-refractivity contribution < 1.29 is 14.7 Å². The highest BCUT2D eigenvalue weighted by molar-refractivity contribution is 5.96. The molecule has 1 aromatic heterocycles. The molecule has 0 aliphatic rings. The molecule has 0 aromatic carbocycles. The molecule has 0 aliphatic carbocycles. The van der Waals surface area contributed by atoms with E-state index in [2.05, 4.69) is 10.4 Å². The van der Waals surface area contributed by atoms with Crippen molar-refractivity contribution in [1.29, 1.82) is 0 Å². The second kappa shape index (κ2) is 5.29. The summed E-state index contributed by atoms with van der Waals surface area (Å²) in [6.07, 6.45) is 4.06. The zero-order chi connectivity index (χ0) is 12.1. The summed E-state index contributed by atoms with van der Waals surface area (Å²) in [5, 5.41) is 15.2. The normalized spacial score (nSPS) is 12.1.